The van der Waals surface area contributed by atoms with Gasteiger partial charge in [0.05, 0.1) is 12.7 Å². The van der Waals surface area contributed by atoms with E-state index in [4.69, 9.17) is 4.74 Å². The van der Waals surface area contributed by atoms with E-state index < -0.39 is 0 Å². The molecule has 1 saturated heterocycles. The second-order valence-electron chi connectivity index (χ2n) is 5.53. The smallest absolute Gasteiger partial charge is 0.223 e. The molecule has 3 rings (SSSR count). The van der Waals surface area contributed by atoms with Crippen molar-refractivity contribution in [3.8, 4) is 0 Å². The number of benzene rings is 1. The SMILES string of the molecule is O=C1NCCCCC1CC1OCCc2ccccc21. The molecule has 0 aromatic heterocycles. The molecule has 0 spiro atoms. The van der Waals surface area contributed by atoms with Gasteiger partial charge in [-0.15, -0.1) is 0 Å². The summed E-state index contributed by atoms with van der Waals surface area (Å²) in [6, 6.07) is 8.47. The van der Waals surface area contributed by atoms with E-state index in [0.29, 0.717) is 0 Å². The highest BCUT2D eigenvalue weighted by Crippen LogP contribution is 2.33. The molecule has 3 nitrogen and oxygen atoms in total. The van der Waals surface area contributed by atoms with Crippen molar-refractivity contribution in [2.24, 2.45) is 5.92 Å². The van der Waals surface area contributed by atoms with Crippen molar-refractivity contribution in [1.82, 2.24) is 5.32 Å². The highest BCUT2D eigenvalue weighted by atomic mass is 16.5. The Morgan fingerprint density at radius 2 is 2.16 bits per heavy atom. The molecule has 2 atom stereocenters. The topological polar surface area (TPSA) is 38.3 Å². The molecule has 19 heavy (non-hydrogen) atoms. The number of hydrogen-bond donors (Lipinski definition) is 1. The standard InChI is InChI=1S/C16H21NO2/c18-16-13(6-3-4-9-17-16)11-15-14-7-2-1-5-12(14)8-10-19-15/h1-2,5,7,13,15H,3-4,6,8-11H2,(H,17,18). The van der Waals surface area contributed by atoms with E-state index in [1.807, 2.05) is 0 Å². The Morgan fingerprint density at radius 3 is 3.11 bits per heavy atom. The zero-order valence-corrected chi connectivity index (χ0v) is 11.2. The normalized spacial score (nSPS) is 27.3. The van der Waals surface area contributed by atoms with Gasteiger partial charge in [-0.3, -0.25) is 4.79 Å². The lowest BCUT2D eigenvalue weighted by Crippen LogP contribution is -2.31. The summed E-state index contributed by atoms with van der Waals surface area (Å²) >= 11 is 0. The highest BCUT2D eigenvalue weighted by Gasteiger charge is 2.28. The van der Waals surface area contributed by atoms with Gasteiger partial charge in [-0.25, -0.2) is 0 Å². The van der Waals surface area contributed by atoms with Gasteiger partial charge >= 0.3 is 0 Å². The minimum atomic E-state index is 0.0961. The number of carbonyl (C=O) groups excluding carboxylic acids is 1. The van der Waals surface area contributed by atoms with E-state index in [-0.39, 0.29) is 17.9 Å². The quantitative estimate of drug-likeness (QED) is 0.886. The van der Waals surface area contributed by atoms with Crippen molar-refractivity contribution in [2.75, 3.05) is 13.2 Å². The molecule has 2 aliphatic rings. The van der Waals surface area contributed by atoms with E-state index >= 15 is 0 Å². The maximum atomic E-state index is 12.0. The van der Waals surface area contributed by atoms with Crippen molar-refractivity contribution in [1.29, 1.82) is 0 Å². The average Bonchev–Trinajstić information content (AvgIpc) is 2.65. The highest BCUT2D eigenvalue weighted by molar-refractivity contribution is 5.78. The molecule has 1 amide bonds. The van der Waals surface area contributed by atoms with Crippen molar-refractivity contribution in [3.05, 3.63) is 35.4 Å². The molecule has 0 bridgehead atoms. The lowest BCUT2D eigenvalue weighted by molar-refractivity contribution is -0.126. The fraction of sp³-hybridized carbons (Fsp3) is 0.562. The summed E-state index contributed by atoms with van der Waals surface area (Å²) < 4.78 is 5.92. The Kier molecular flexibility index (Phi) is 3.83. The van der Waals surface area contributed by atoms with Crippen LogP contribution in [0.4, 0.5) is 0 Å². The van der Waals surface area contributed by atoms with Gasteiger partial charge < -0.3 is 10.1 Å². The number of nitrogens with one attached hydrogen (secondary N) is 1. The minimum Gasteiger partial charge on any atom is -0.373 e. The first-order valence-corrected chi connectivity index (χ1v) is 7.32. The van der Waals surface area contributed by atoms with Crippen LogP contribution in [0.1, 0.15) is 42.9 Å². The van der Waals surface area contributed by atoms with Crippen LogP contribution in [0.2, 0.25) is 0 Å². The molecule has 2 unspecified atom stereocenters. The molecule has 1 aromatic carbocycles. The minimum absolute atomic E-state index is 0.0961. The summed E-state index contributed by atoms with van der Waals surface area (Å²) in [6.45, 7) is 1.60. The summed E-state index contributed by atoms with van der Waals surface area (Å²) in [4.78, 5) is 12.0. The van der Waals surface area contributed by atoms with Crippen LogP contribution >= 0.6 is 0 Å². The molecule has 102 valence electrons. The van der Waals surface area contributed by atoms with Crippen LogP contribution in [0.15, 0.2) is 24.3 Å². The van der Waals surface area contributed by atoms with Gasteiger partial charge in [0.2, 0.25) is 5.91 Å². The van der Waals surface area contributed by atoms with E-state index in [1.165, 1.54) is 11.1 Å². The molecule has 0 saturated carbocycles. The van der Waals surface area contributed by atoms with Crippen LogP contribution in [0.25, 0.3) is 0 Å². The molecule has 1 aromatic rings. The zero-order chi connectivity index (χ0) is 13.1. The number of rotatable bonds is 2. The van der Waals surface area contributed by atoms with Gasteiger partial charge in [0.15, 0.2) is 0 Å². The van der Waals surface area contributed by atoms with E-state index in [0.717, 1.165) is 45.3 Å². The summed E-state index contributed by atoms with van der Waals surface area (Å²) in [5.74, 6) is 0.322. The summed E-state index contributed by atoms with van der Waals surface area (Å²) in [7, 11) is 0. The van der Waals surface area contributed by atoms with Crippen LogP contribution < -0.4 is 5.32 Å². The van der Waals surface area contributed by atoms with E-state index in [2.05, 4.69) is 29.6 Å². The molecule has 3 heteroatoms. The fourth-order valence-electron chi connectivity index (χ4n) is 3.16. The molecule has 2 heterocycles. The van der Waals surface area contributed by atoms with Crippen molar-refractivity contribution < 1.29 is 9.53 Å². The number of amides is 1. The molecule has 0 aliphatic carbocycles. The number of hydrogen-bond acceptors (Lipinski definition) is 2. The lowest BCUT2D eigenvalue weighted by Gasteiger charge is -2.28. The molecule has 1 fully saturated rings. The lowest BCUT2D eigenvalue weighted by atomic mass is 9.89. The van der Waals surface area contributed by atoms with Crippen molar-refractivity contribution in [3.63, 3.8) is 0 Å². The number of fused-ring (bicyclic) bond motifs is 1. The van der Waals surface area contributed by atoms with Crippen LogP contribution in [-0.4, -0.2) is 19.1 Å². The Balaban J connectivity index is 1.75. The van der Waals surface area contributed by atoms with E-state index in [9.17, 15) is 4.79 Å². The Bertz CT molecular complexity index is 458. The molecular weight excluding hydrogens is 238 g/mol. The predicted molar refractivity (Wildman–Crippen MR) is 73.8 cm³/mol. The third-order valence-electron chi connectivity index (χ3n) is 4.24. The summed E-state index contributed by atoms with van der Waals surface area (Å²) in [6.07, 6.45) is 5.14. The van der Waals surface area contributed by atoms with Gasteiger partial charge in [0.25, 0.3) is 0 Å². The van der Waals surface area contributed by atoms with Crippen LogP contribution in [0.5, 0.6) is 0 Å². The van der Waals surface area contributed by atoms with Gasteiger partial charge in [-0.2, -0.15) is 0 Å². The first kappa shape index (κ1) is 12.7. The Hall–Kier alpha value is -1.35. The third kappa shape index (κ3) is 2.81. The van der Waals surface area contributed by atoms with Gasteiger partial charge in [0, 0.05) is 12.5 Å². The molecular formula is C16H21NO2. The van der Waals surface area contributed by atoms with Crippen LogP contribution in [0, 0.1) is 5.92 Å². The maximum absolute atomic E-state index is 12.0. The zero-order valence-electron chi connectivity index (χ0n) is 11.2. The second kappa shape index (κ2) is 5.74. The summed E-state index contributed by atoms with van der Waals surface area (Å²) in [5.41, 5.74) is 2.67. The maximum Gasteiger partial charge on any atom is 0.223 e. The van der Waals surface area contributed by atoms with Crippen molar-refractivity contribution >= 4 is 5.91 Å². The Morgan fingerprint density at radius 1 is 1.26 bits per heavy atom. The first-order valence-electron chi connectivity index (χ1n) is 7.32. The second-order valence-corrected chi connectivity index (χ2v) is 5.53. The van der Waals surface area contributed by atoms with Gasteiger partial charge in [0.1, 0.15) is 0 Å². The number of ether oxygens (including phenoxy) is 1. The monoisotopic (exact) mass is 259 g/mol. The van der Waals surface area contributed by atoms with E-state index in [1.54, 1.807) is 0 Å². The largest absolute Gasteiger partial charge is 0.373 e. The molecule has 0 radical (unpaired) electrons. The molecule has 2 aliphatic heterocycles. The third-order valence-corrected chi connectivity index (χ3v) is 4.24. The fourth-order valence-corrected chi connectivity index (χ4v) is 3.16. The van der Waals surface area contributed by atoms with Crippen LogP contribution in [0.3, 0.4) is 0 Å². The Labute approximate surface area is 114 Å². The summed E-state index contributed by atoms with van der Waals surface area (Å²) in [5, 5.41) is 3.01. The average molecular weight is 259 g/mol. The van der Waals surface area contributed by atoms with Crippen LogP contribution in [-0.2, 0) is 16.0 Å². The van der Waals surface area contributed by atoms with Crippen molar-refractivity contribution in [2.45, 2.75) is 38.2 Å². The number of carbonyl (C=O) groups is 1. The molecule has 1 N–H and O–H groups in total. The van der Waals surface area contributed by atoms with Gasteiger partial charge in [-0.1, -0.05) is 30.7 Å². The van der Waals surface area contributed by atoms with Gasteiger partial charge in [-0.05, 0) is 36.8 Å². The predicted octanol–water partition coefficient (Wildman–Crippen LogP) is 2.61. The first-order chi connectivity index (χ1) is 9.34.